The van der Waals surface area contributed by atoms with E-state index in [0.717, 1.165) is 22.3 Å². The first-order valence-electron chi connectivity index (χ1n) is 21.4. The number of esters is 1. The molecule has 2 aromatic carbocycles. The molecule has 2 aromatic rings. The van der Waals surface area contributed by atoms with Crippen molar-refractivity contribution in [1.82, 2.24) is 31.5 Å². The van der Waals surface area contributed by atoms with Gasteiger partial charge in [-0.25, -0.2) is 9.59 Å². The van der Waals surface area contributed by atoms with Gasteiger partial charge in [0.1, 0.15) is 48.5 Å². The van der Waals surface area contributed by atoms with Crippen LogP contribution in [0.4, 0.5) is 4.79 Å². The van der Waals surface area contributed by atoms with Crippen molar-refractivity contribution in [3.63, 3.8) is 0 Å². The number of amides is 7. The number of alkyl carbamates (subject to hydrolysis) is 1. The summed E-state index contributed by atoms with van der Waals surface area (Å²) in [6.45, 7) is 12.0. The van der Waals surface area contributed by atoms with Crippen LogP contribution in [0.3, 0.4) is 0 Å². The van der Waals surface area contributed by atoms with Gasteiger partial charge in [-0.3, -0.25) is 28.8 Å². The molecule has 0 saturated carbocycles. The van der Waals surface area contributed by atoms with Gasteiger partial charge in [0.2, 0.25) is 35.4 Å². The average Bonchev–Trinajstić information content (AvgIpc) is 3.85. The van der Waals surface area contributed by atoms with E-state index in [2.05, 4.69) is 26.6 Å². The Morgan fingerprint density at radius 2 is 1.35 bits per heavy atom. The van der Waals surface area contributed by atoms with E-state index < -0.39 is 95.8 Å². The van der Waals surface area contributed by atoms with Gasteiger partial charge in [-0.05, 0) is 94.1 Å². The van der Waals surface area contributed by atoms with Gasteiger partial charge in [-0.2, -0.15) is 11.8 Å². The van der Waals surface area contributed by atoms with Crippen LogP contribution < -0.4 is 32.3 Å². The minimum Gasteiger partial charge on any atom is -0.458 e. The second kappa shape index (κ2) is 22.6. The Kier molecular flexibility index (Phi) is 18.0. The highest BCUT2D eigenvalue weighted by Gasteiger charge is 2.41. The molecule has 0 unspecified atom stereocenters. The molecule has 1 aliphatic carbocycles. The Labute approximate surface area is 373 Å². The molecule has 0 spiro atoms. The number of nitrogens with two attached hydrogens (primary N) is 1. The van der Waals surface area contributed by atoms with Gasteiger partial charge in [0.05, 0.1) is 6.42 Å². The third-order valence-corrected chi connectivity index (χ3v) is 11.7. The average molecular weight is 894 g/mol. The first kappa shape index (κ1) is 50.0. The lowest BCUT2D eigenvalue weighted by Crippen LogP contribution is -2.59. The van der Waals surface area contributed by atoms with Crippen molar-refractivity contribution in [3.05, 3.63) is 59.7 Å². The first-order chi connectivity index (χ1) is 29.8. The molecule has 7 amide bonds. The number of likely N-dealkylation sites (tertiary alicyclic amines) is 1. The lowest BCUT2D eigenvalue weighted by atomic mass is 9.97. The molecule has 2 aliphatic rings. The molecule has 1 heterocycles. The first-order valence-corrected chi connectivity index (χ1v) is 22.8. The molecular weight excluding hydrogens is 831 g/mol. The van der Waals surface area contributed by atoms with Gasteiger partial charge < -0.3 is 46.7 Å². The number of nitrogens with one attached hydrogen (secondary N) is 5. The lowest BCUT2D eigenvalue weighted by Gasteiger charge is -2.33. The quantitative estimate of drug-likeness (QED) is 0.106. The number of primary amides is 1. The van der Waals surface area contributed by atoms with E-state index in [1.165, 1.54) is 30.5 Å². The van der Waals surface area contributed by atoms with Gasteiger partial charge in [-0.15, -0.1) is 0 Å². The highest BCUT2D eigenvalue weighted by Crippen LogP contribution is 2.44. The summed E-state index contributed by atoms with van der Waals surface area (Å²) in [7, 11) is 0. The third kappa shape index (κ3) is 13.7. The van der Waals surface area contributed by atoms with Crippen LogP contribution in [0.15, 0.2) is 48.5 Å². The van der Waals surface area contributed by atoms with Crippen LogP contribution >= 0.6 is 11.8 Å². The second-order valence-electron chi connectivity index (χ2n) is 17.1. The monoisotopic (exact) mass is 893 g/mol. The van der Waals surface area contributed by atoms with Crippen LogP contribution in [0.25, 0.3) is 11.1 Å². The second-order valence-corrected chi connectivity index (χ2v) is 18.1. The predicted molar refractivity (Wildman–Crippen MR) is 238 cm³/mol. The summed E-state index contributed by atoms with van der Waals surface area (Å²) >= 11 is 1.42. The molecule has 1 saturated heterocycles. The fourth-order valence-electron chi connectivity index (χ4n) is 7.54. The topological polar surface area (TPSA) is 244 Å². The highest BCUT2D eigenvalue weighted by atomic mass is 32.2. The molecule has 0 radical (unpaired) electrons. The largest absolute Gasteiger partial charge is 0.458 e. The minimum absolute atomic E-state index is 0.0468. The maximum absolute atomic E-state index is 13.9. The zero-order valence-electron chi connectivity index (χ0n) is 37.4. The summed E-state index contributed by atoms with van der Waals surface area (Å²) in [5, 5.41) is 12.9. The van der Waals surface area contributed by atoms with E-state index in [1.807, 2.05) is 68.6 Å². The van der Waals surface area contributed by atoms with Crippen molar-refractivity contribution in [2.75, 3.05) is 25.2 Å². The maximum atomic E-state index is 13.9. The van der Waals surface area contributed by atoms with Crippen molar-refractivity contribution >= 4 is 59.3 Å². The molecule has 1 aliphatic heterocycles. The number of fused-ring (bicyclic) bond motifs is 3. The van der Waals surface area contributed by atoms with Gasteiger partial charge in [0.15, 0.2) is 0 Å². The maximum Gasteiger partial charge on any atom is 0.407 e. The van der Waals surface area contributed by atoms with Crippen LogP contribution in [-0.4, -0.2) is 119 Å². The van der Waals surface area contributed by atoms with Crippen LogP contribution in [0, 0.1) is 5.92 Å². The number of hydrogen-bond donors (Lipinski definition) is 6. The third-order valence-electron chi connectivity index (χ3n) is 11.1. The Balaban J connectivity index is 1.35. The molecule has 18 heteroatoms. The Morgan fingerprint density at radius 1 is 0.794 bits per heavy atom. The summed E-state index contributed by atoms with van der Waals surface area (Å²) in [6.07, 6.45) is 1.99. The van der Waals surface area contributed by atoms with Crippen LogP contribution in [0.2, 0.25) is 0 Å². The van der Waals surface area contributed by atoms with Crippen LogP contribution in [0.1, 0.15) is 97.6 Å². The van der Waals surface area contributed by atoms with E-state index in [0.29, 0.717) is 31.6 Å². The number of benzene rings is 2. The smallest absolute Gasteiger partial charge is 0.407 e. The van der Waals surface area contributed by atoms with E-state index in [-0.39, 0.29) is 24.9 Å². The van der Waals surface area contributed by atoms with E-state index in [4.69, 9.17) is 15.2 Å². The number of thioether (sulfide) groups is 1. The highest BCUT2D eigenvalue weighted by molar-refractivity contribution is 7.98. The zero-order chi connectivity index (χ0) is 46.6. The van der Waals surface area contributed by atoms with E-state index in [9.17, 15) is 38.4 Å². The number of ether oxygens (including phenoxy) is 2. The van der Waals surface area contributed by atoms with Crippen molar-refractivity contribution in [2.45, 2.75) is 128 Å². The molecule has 1 fully saturated rings. The fourth-order valence-corrected chi connectivity index (χ4v) is 8.01. The Morgan fingerprint density at radius 3 is 1.89 bits per heavy atom. The van der Waals surface area contributed by atoms with Gasteiger partial charge >= 0.3 is 12.1 Å². The summed E-state index contributed by atoms with van der Waals surface area (Å²) in [4.78, 5) is 107. The molecular formula is C45H63N7O10S. The molecule has 4 rings (SSSR count). The van der Waals surface area contributed by atoms with Crippen molar-refractivity contribution in [1.29, 1.82) is 0 Å². The van der Waals surface area contributed by atoms with E-state index in [1.54, 1.807) is 20.8 Å². The molecule has 0 bridgehead atoms. The summed E-state index contributed by atoms with van der Waals surface area (Å²) in [5.41, 5.74) is 8.69. The fraction of sp³-hybridized carbons (Fsp3) is 0.556. The van der Waals surface area contributed by atoms with Crippen molar-refractivity contribution in [3.8, 4) is 11.1 Å². The minimum atomic E-state index is -1.48. The van der Waals surface area contributed by atoms with E-state index >= 15 is 0 Å². The normalized spacial score (nSPS) is 17.3. The molecule has 7 N–H and O–H groups in total. The Hall–Kier alpha value is -5.65. The van der Waals surface area contributed by atoms with Gasteiger partial charge in [0.25, 0.3) is 0 Å². The molecule has 63 heavy (non-hydrogen) atoms. The number of carbonyl (C=O) groups excluding carboxylic acids is 8. The zero-order valence-corrected chi connectivity index (χ0v) is 38.2. The Bertz CT molecular complexity index is 1960. The molecule has 0 aromatic heterocycles. The van der Waals surface area contributed by atoms with Gasteiger partial charge in [-0.1, -0.05) is 68.8 Å². The number of hydrogen-bond acceptors (Lipinski definition) is 11. The predicted octanol–water partition coefficient (Wildman–Crippen LogP) is 2.88. The standard InChI is InChI=1S/C45H63N7O10S/c1-9-25(2)37(42(58)52-21-14-19-35(52)43(59)62-45(5,6)7)51-39(55)27(4)47-40(56)33(20-22-63-8)49-38(54)26(3)48-41(57)34(23-36(46)53)50-44(60)61-24-32-30-17-12-10-15-28(30)29-16-11-13-18-31(29)32/h10-13,15-18,25-27,32-35,37H,9,14,19-24H2,1-8H3,(H2,46,53)(H,47,56)(H,48,57)(H,49,54)(H,50,60)(H,51,55)/t25-,26-,27-,33-,34-,35-,37-/m0/s1. The summed E-state index contributed by atoms with van der Waals surface area (Å²) in [6, 6.07) is 8.78. The SMILES string of the molecule is CC[C@H](C)[C@H](NC(=O)[C@H](C)NC(=O)[C@H](CCSC)NC(=O)[C@H](C)NC(=O)[C@H](CC(N)=O)NC(=O)OCC1c2ccccc2-c2ccccc21)C(=O)N1CCC[C@H]1C(=O)OC(C)(C)C. The molecule has 344 valence electrons. The van der Waals surface area contributed by atoms with Gasteiger partial charge in [0, 0.05) is 12.5 Å². The molecule has 7 atom stereocenters. The van der Waals surface area contributed by atoms with Crippen molar-refractivity contribution < 1.29 is 47.8 Å². The van der Waals surface area contributed by atoms with Crippen LogP contribution in [0.5, 0.6) is 0 Å². The number of nitrogens with zero attached hydrogens (tertiary/aromatic N) is 1. The number of carbonyl (C=O) groups is 8. The molecule has 17 nitrogen and oxygen atoms in total. The summed E-state index contributed by atoms with van der Waals surface area (Å²) in [5.74, 6) is -4.91. The lowest BCUT2D eigenvalue weighted by molar-refractivity contribution is -0.163. The number of rotatable bonds is 20. The van der Waals surface area contributed by atoms with Crippen LogP contribution in [-0.2, 0) is 43.0 Å². The van der Waals surface area contributed by atoms with Crippen molar-refractivity contribution in [2.24, 2.45) is 11.7 Å². The summed E-state index contributed by atoms with van der Waals surface area (Å²) < 4.78 is 11.1.